The van der Waals surface area contributed by atoms with Gasteiger partial charge in [0.2, 0.25) is 0 Å². The number of aromatic nitrogens is 3. The smallest absolute Gasteiger partial charge is 0.153 e. The lowest BCUT2D eigenvalue weighted by molar-refractivity contribution is 0.111. The molecule has 0 amide bonds. The molecular formula is C24H29ClN4O3. The molecule has 0 saturated heterocycles. The molecule has 0 fully saturated rings. The lowest BCUT2D eigenvalue weighted by Gasteiger charge is -2.19. The van der Waals surface area contributed by atoms with E-state index in [-0.39, 0.29) is 0 Å². The third kappa shape index (κ3) is 5.94. The van der Waals surface area contributed by atoms with Crippen molar-refractivity contribution < 1.29 is 14.3 Å². The van der Waals surface area contributed by atoms with Gasteiger partial charge >= 0.3 is 0 Å². The van der Waals surface area contributed by atoms with Crippen LogP contribution in [0.4, 0.5) is 0 Å². The second-order valence-electron chi connectivity index (χ2n) is 7.79. The Morgan fingerprint density at radius 2 is 2.00 bits per heavy atom. The van der Waals surface area contributed by atoms with Gasteiger partial charge in [-0.3, -0.25) is 14.5 Å². The minimum Gasteiger partial charge on any atom is -0.490 e. The minimum atomic E-state index is 0.430. The molecule has 0 unspecified atom stereocenters. The van der Waals surface area contributed by atoms with Gasteiger partial charge in [-0.2, -0.15) is 5.10 Å². The fraction of sp³-hybridized carbons (Fsp3) is 0.375. The number of aldehydes is 1. The second kappa shape index (κ2) is 11.2. The molecule has 170 valence electrons. The number of rotatable bonds is 11. The first-order valence-corrected chi connectivity index (χ1v) is 10.8. The summed E-state index contributed by atoms with van der Waals surface area (Å²) in [5.41, 5.74) is 5.19. The lowest BCUT2D eigenvalue weighted by Crippen LogP contribution is -2.27. The van der Waals surface area contributed by atoms with Gasteiger partial charge in [-0.05, 0) is 49.2 Å². The molecule has 0 bridgehead atoms. The number of likely N-dealkylation sites (N-methyl/N-ethyl adjacent to an activating group) is 1. The molecule has 0 atom stereocenters. The first-order chi connectivity index (χ1) is 15.4. The molecule has 32 heavy (non-hydrogen) atoms. The molecule has 0 radical (unpaired) electrons. The van der Waals surface area contributed by atoms with E-state index in [0.29, 0.717) is 42.5 Å². The van der Waals surface area contributed by atoms with Crippen LogP contribution in [0.3, 0.4) is 0 Å². The monoisotopic (exact) mass is 456 g/mol. The van der Waals surface area contributed by atoms with E-state index in [2.05, 4.69) is 15.0 Å². The number of benzene rings is 1. The van der Waals surface area contributed by atoms with Crippen molar-refractivity contribution >= 4 is 17.9 Å². The average molecular weight is 457 g/mol. The predicted octanol–water partition coefficient (Wildman–Crippen LogP) is 3.80. The Labute approximate surface area is 193 Å². The van der Waals surface area contributed by atoms with E-state index in [9.17, 15) is 4.79 Å². The Bertz CT molecular complexity index is 1050. The summed E-state index contributed by atoms with van der Waals surface area (Å²) in [6, 6.07) is 5.86. The summed E-state index contributed by atoms with van der Waals surface area (Å²) in [7, 11) is 5.55. The molecule has 0 aliphatic rings. The van der Waals surface area contributed by atoms with Crippen molar-refractivity contribution in [2.75, 3.05) is 40.5 Å². The average Bonchev–Trinajstić information content (AvgIpc) is 3.23. The van der Waals surface area contributed by atoms with Crippen molar-refractivity contribution in [3.8, 4) is 17.0 Å². The number of halogens is 1. The molecule has 3 aromatic rings. The van der Waals surface area contributed by atoms with E-state index in [1.54, 1.807) is 18.0 Å². The molecule has 8 heteroatoms. The van der Waals surface area contributed by atoms with E-state index in [1.807, 2.05) is 51.6 Å². The zero-order valence-electron chi connectivity index (χ0n) is 19.0. The number of hydrogen-bond acceptors (Lipinski definition) is 6. The molecule has 7 nitrogen and oxygen atoms in total. The molecule has 2 heterocycles. The fourth-order valence-electron chi connectivity index (χ4n) is 3.35. The number of carbonyl (C=O) groups is 1. The fourth-order valence-corrected chi connectivity index (χ4v) is 3.64. The first kappa shape index (κ1) is 23.9. The maximum atomic E-state index is 11.8. The standard InChI is InChI=1S/C24H29ClN4O3/c1-17-19(11-18-5-6-22(26-13-18)21-14-27-29(3)15-21)12-20(16-30)24(23(17)25)32-10-8-28(2)7-9-31-4/h5-6,12-16H,7-11H2,1-4H3. The lowest BCUT2D eigenvalue weighted by atomic mass is 9.98. The van der Waals surface area contributed by atoms with E-state index < -0.39 is 0 Å². The number of methoxy groups -OCH3 is 1. The van der Waals surface area contributed by atoms with Crippen molar-refractivity contribution in [2.45, 2.75) is 13.3 Å². The van der Waals surface area contributed by atoms with Gasteiger partial charge < -0.3 is 14.4 Å². The van der Waals surface area contributed by atoms with Gasteiger partial charge in [-0.25, -0.2) is 0 Å². The van der Waals surface area contributed by atoms with Crippen LogP contribution in [-0.2, 0) is 18.2 Å². The molecular weight excluding hydrogens is 428 g/mol. The van der Waals surface area contributed by atoms with Crippen LogP contribution in [0, 0.1) is 6.92 Å². The molecule has 0 aliphatic heterocycles. The number of hydrogen-bond donors (Lipinski definition) is 0. The van der Waals surface area contributed by atoms with E-state index >= 15 is 0 Å². The van der Waals surface area contributed by atoms with Crippen LogP contribution in [-0.4, -0.2) is 66.4 Å². The van der Waals surface area contributed by atoms with Crippen LogP contribution in [0.2, 0.25) is 5.02 Å². The third-order valence-corrected chi connectivity index (χ3v) is 5.80. The number of ether oxygens (including phenoxy) is 2. The van der Waals surface area contributed by atoms with Gasteiger partial charge in [0.15, 0.2) is 6.29 Å². The zero-order chi connectivity index (χ0) is 23.1. The van der Waals surface area contributed by atoms with Crippen LogP contribution in [0.15, 0.2) is 36.8 Å². The Morgan fingerprint density at radius 1 is 1.22 bits per heavy atom. The first-order valence-electron chi connectivity index (χ1n) is 10.4. The van der Waals surface area contributed by atoms with Crippen molar-refractivity contribution in [1.82, 2.24) is 19.7 Å². The summed E-state index contributed by atoms with van der Waals surface area (Å²) >= 11 is 6.61. The highest BCUT2D eigenvalue weighted by Crippen LogP contribution is 2.34. The molecule has 0 saturated carbocycles. The Morgan fingerprint density at radius 3 is 2.62 bits per heavy atom. The van der Waals surface area contributed by atoms with Gasteiger partial charge in [-0.1, -0.05) is 17.7 Å². The summed E-state index contributed by atoms with van der Waals surface area (Å²) < 4.78 is 12.7. The Hall–Kier alpha value is -2.74. The maximum absolute atomic E-state index is 11.8. The molecule has 0 spiro atoms. The number of pyridine rings is 1. The normalized spacial score (nSPS) is 11.2. The molecule has 3 rings (SSSR count). The maximum Gasteiger partial charge on any atom is 0.153 e. The van der Waals surface area contributed by atoms with Crippen molar-refractivity contribution in [2.24, 2.45) is 7.05 Å². The van der Waals surface area contributed by atoms with E-state index in [0.717, 1.165) is 40.8 Å². The highest BCUT2D eigenvalue weighted by atomic mass is 35.5. The molecule has 1 aromatic carbocycles. The Kier molecular flexibility index (Phi) is 8.39. The van der Waals surface area contributed by atoms with Crippen molar-refractivity contribution in [3.05, 3.63) is 64.1 Å². The van der Waals surface area contributed by atoms with E-state index in [4.69, 9.17) is 21.1 Å². The van der Waals surface area contributed by atoms with E-state index in [1.165, 1.54) is 0 Å². The third-order valence-electron chi connectivity index (χ3n) is 5.35. The summed E-state index contributed by atoms with van der Waals surface area (Å²) in [5, 5.41) is 4.66. The molecule has 0 N–H and O–H groups in total. The van der Waals surface area contributed by atoms with Gasteiger partial charge in [0.05, 0.1) is 29.1 Å². The molecule has 0 aliphatic carbocycles. The van der Waals surface area contributed by atoms with Crippen LogP contribution >= 0.6 is 11.6 Å². The largest absolute Gasteiger partial charge is 0.490 e. The van der Waals surface area contributed by atoms with Crippen LogP contribution in [0.25, 0.3) is 11.3 Å². The summed E-state index contributed by atoms with van der Waals surface area (Å²) in [5.74, 6) is 0.438. The predicted molar refractivity (Wildman–Crippen MR) is 126 cm³/mol. The summed E-state index contributed by atoms with van der Waals surface area (Å²) in [6.45, 7) is 4.54. The topological polar surface area (TPSA) is 69.5 Å². The van der Waals surface area contributed by atoms with Crippen LogP contribution in [0.5, 0.6) is 5.75 Å². The van der Waals surface area contributed by atoms with Crippen LogP contribution < -0.4 is 4.74 Å². The number of aryl methyl sites for hydroxylation is 1. The van der Waals surface area contributed by atoms with Gasteiger partial charge in [0.25, 0.3) is 0 Å². The number of nitrogens with zero attached hydrogens (tertiary/aromatic N) is 4. The summed E-state index contributed by atoms with van der Waals surface area (Å²) in [6.07, 6.45) is 6.97. The second-order valence-corrected chi connectivity index (χ2v) is 8.16. The van der Waals surface area contributed by atoms with Crippen molar-refractivity contribution in [1.29, 1.82) is 0 Å². The number of carbonyl (C=O) groups excluding carboxylic acids is 1. The van der Waals surface area contributed by atoms with Gasteiger partial charge in [0.1, 0.15) is 12.4 Å². The molecule has 2 aromatic heterocycles. The minimum absolute atomic E-state index is 0.430. The van der Waals surface area contributed by atoms with Crippen LogP contribution in [0.1, 0.15) is 27.0 Å². The highest BCUT2D eigenvalue weighted by molar-refractivity contribution is 6.33. The summed E-state index contributed by atoms with van der Waals surface area (Å²) in [4.78, 5) is 18.4. The zero-order valence-corrected chi connectivity index (χ0v) is 19.7. The highest BCUT2D eigenvalue weighted by Gasteiger charge is 2.16. The van der Waals surface area contributed by atoms with Gasteiger partial charge in [-0.15, -0.1) is 0 Å². The Balaban J connectivity index is 1.72. The van der Waals surface area contributed by atoms with Gasteiger partial charge in [0, 0.05) is 45.2 Å². The van der Waals surface area contributed by atoms with Crippen molar-refractivity contribution in [3.63, 3.8) is 0 Å². The quantitative estimate of drug-likeness (QED) is 0.409. The SMILES string of the molecule is COCCN(C)CCOc1c(C=O)cc(Cc2ccc(-c3cnn(C)c3)nc2)c(C)c1Cl.